The molecular weight excluding hydrogens is 192 g/mol. The molecule has 3 N–H and O–H groups in total. The highest BCUT2D eigenvalue weighted by atomic mass is 16.1. The Morgan fingerprint density at radius 2 is 2.40 bits per heavy atom. The quantitative estimate of drug-likeness (QED) is 0.558. The minimum absolute atomic E-state index is 0.0370. The summed E-state index contributed by atoms with van der Waals surface area (Å²) in [5.41, 5.74) is 0. The number of imidazole rings is 1. The fourth-order valence-corrected chi connectivity index (χ4v) is 1.20. The Morgan fingerprint density at radius 1 is 1.53 bits per heavy atom. The minimum atomic E-state index is 0.0370. The van der Waals surface area contributed by atoms with Crippen LogP contribution in [0.2, 0.25) is 0 Å². The molecule has 5 heteroatoms. The van der Waals surface area contributed by atoms with Crippen LogP contribution in [0.15, 0.2) is 12.4 Å². The zero-order chi connectivity index (χ0) is 10.9. The van der Waals surface area contributed by atoms with E-state index in [1.165, 1.54) is 0 Å². The van der Waals surface area contributed by atoms with Gasteiger partial charge in [-0.15, -0.1) is 0 Å². The highest BCUT2D eigenvalue weighted by Crippen LogP contribution is 1.87. The third-order valence-corrected chi connectivity index (χ3v) is 1.95. The fourth-order valence-electron chi connectivity index (χ4n) is 1.20. The van der Waals surface area contributed by atoms with Crippen LogP contribution in [0.5, 0.6) is 0 Å². The van der Waals surface area contributed by atoms with E-state index >= 15 is 0 Å². The molecule has 0 saturated heterocycles. The van der Waals surface area contributed by atoms with Gasteiger partial charge in [0.25, 0.3) is 0 Å². The highest BCUT2D eigenvalue weighted by Gasteiger charge is 2.00. The van der Waals surface area contributed by atoms with Crippen molar-refractivity contribution in [3.8, 4) is 0 Å². The lowest BCUT2D eigenvalue weighted by Crippen LogP contribution is -2.35. The van der Waals surface area contributed by atoms with E-state index in [4.69, 9.17) is 0 Å². The van der Waals surface area contributed by atoms with E-state index in [1.54, 1.807) is 12.4 Å². The third kappa shape index (κ3) is 5.17. The van der Waals surface area contributed by atoms with Crippen molar-refractivity contribution in [1.82, 2.24) is 20.6 Å². The average Bonchev–Trinajstić information content (AvgIpc) is 2.71. The third-order valence-electron chi connectivity index (χ3n) is 1.95. The Hall–Kier alpha value is -1.36. The van der Waals surface area contributed by atoms with Crippen molar-refractivity contribution in [2.24, 2.45) is 0 Å². The molecule has 0 bridgehead atoms. The van der Waals surface area contributed by atoms with Gasteiger partial charge in [-0.1, -0.05) is 6.92 Å². The smallest absolute Gasteiger partial charge is 0.233 e. The molecule has 1 amide bonds. The number of nitrogens with zero attached hydrogens (tertiary/aromatic N) is 1. The van der Waals surface area contributed by atoms with Crippen LogP contribution < -0.4 is 10.6 Å². The van der Waals surface area contributed by atoms with Crippen LogP contribution in [0.3, 0.4) is 0 Å². The van der Waals surface area contributed by atoms with Crippen molar-refractivity contribution in [3.05, 3.63) is 18.2 Å². The maximum atomic E-state index is 11.2. The van der Waals surface area contributed by atoms with E-state index in [0.717, 1.165) is 25.2 Å². The van der Waals surface area contributed by atoms with Crippen LogP contribution >= 0.6 is 0 Å². The van der Waals surface area contributed by atoms with Crippen molar-refractivity contribution in [2.75, 3.05) is 19.6 Å². The average molecular weight is 210 g/mol. The molecule has 0 aromatic carbocycles. The number of aromatic nitrogens is 2. The largest absolute Gasteiger partial charge is 0.355 e. The van der Waals surface area contributed by atoms with Crippen molar-refractivity contribution in [2.45, 2.75) is 19.8 Å². The van der Waals surface area contributed by atoms with Crippen LogP contribution in [-0.2, 0) is 11.2 Å². The van der Waals surface area contributed by atoms with E-state index in [-0.39, 0.29) is 5.91 Å². The van der Waals surface area contributed by atoms with Gasteiger partial charge in [-0.25, -0.2) is 4.98 Å². The number of hydrogen-bond donors (Lipinski definition) is 3. The molecule has 1 aromatic rings. The van der Waals surface area contributed by atoms with Gasteiger partial charge in [-0.2, -0.15) is 0 Å². The summed E-state index contributed by atoms with van der Waals surface area (Å²) >= 11 is 0. The normalized spacial score (nSPS) is 10.2. The molecule has 0 saturated carbocycles. The maximum Gasteiger partial charge on any atom is 0.233 e. The zero-order valence-corrected chi connectivity index (χ0v) is 9.05. The van der Waals surface area contributed by atoms with E-state index in [9.17, 15) is 4.79 Å². The van der Waals surface area contributed by atoms with Gasteiger partial charge in [0.05, 0.1) is 6.54 Å². The standard InChI is InChI=1S/C10H18N4O/c1-2-4-11-8-10(15)14-5-3-9-12-6-7-13-9/h6-7,11H,2-5,8H2,1H3,(H,12,13)(H,14,15). The Labute approximate surface area is 89.7 Å². The van der Waals surface area contributed by atoms with Crippen molar-refractivity contribution in [1.29, 1.82) is 0 Å². The lowest BCUT2D eigenvalue weighted by Gasteiger charge is -2.04. The van der Waals surface area contributed by atoms with Gasteiger partial charge in [0.15, 0.2) is 0 Å². The second kappa shape index (κ2) is 7.00. The monoisotopic (exact) mass is 210 g/mol. The topological polar surface area (TPSA) is 69.8 Å². The molecule has 84 valence electrons. The highest BCUT2D eigenvalue weighted by molar-refractivity contribution is 5.77. The molecular formula is C10H18N4O. The summed E-state index contributed by atoms with van der Waals surface area (Å²) in [5.74, 6) is 0.937. The second-order valence-corrected chi connectivity index (χ2v) is 3.31. The summed E-state index contributed by atoms with van der Waals surface area (Å²) in [6.07, 6.45) is 5.27. The molecule has 1 rings (SSSR count). The molecule has 1 aromatic heterocycles. The van der Waals surface area contributed by atoms with Crippen LogP contribution in [0.4, 0.5) is 0 Å². The number of aromatic amines is 1. The number of H-pyrrole nitrogens is 1. The van der Waals surface area contributed by atoms with E-state index in [2.05, 4.69) is 27.5 Å². The summed E-state index contributed by atoms with van der Waals surface area (Å²) in [6.45, 7) is 3.97. The Morgan fingerprint density at radius 3 is 3.07 bits per heavy atom. The van der Waals surface area contributed by atoms with Gasteiger partial charge in [-0.3, -0.25) is 4.79 Å². The molecule has 1 heterocycles. The summed E-state index contributed by atoms with van der Waals surface area (Å²) in [4.78, 5) is 18.3. The Balaban J connectivity index is 2.02. The van der Waals surface area contributed by atoms with Crippen LogP contribution in [0.25, 0.3) is 0 Å². The number of carbonyl (C=O) groups is 1. The zero-order valence-electron chi connectivity index (χ0n) is 9.05. The van der Waals surface area contributed by atoms with Crippen LogP contribution in [0, 0.1) is 0 Å². The van der Waals surface area contributed by atoms with Crippen molar-refractivity contribution in [3.63, 3.8) is 0 Å². The van der Waals surface area contributed by atoms with Crippen LogP contribution in [0.1, 0.15) is 19.2 Å². The molecule has 0 fully saturated rings. The Kier molecular flexibility index (Phi) is 5.47. The fraction of sp³-hybridized carbons (Fsp3) is 0.600. The summed E-state index contributed by atoms with van der Waals surface area (Å²) in [7, 11) is 0. The van der Waals surface area contributed by atoms with Gasteiger partial charge in [0.2, 0.25) is 5.91 Å². The predicted molar refractivity (Wildman–Crippen MR) is 58.5 cm³/mol. The number of hydrogen-bond acceptors (Lipinski definition) is 3. The van der Waals surface area contributed by atoms with Gasteiger partial charge < -0.3 is 15.6 Å². The van der Waals surface area contributed by atoms with Gasteiger partial charge in [0.1, 0.15) is 5.82 Å². The summed E-state index contributed by atoms with van der Waals surface area (Å²) < 4.78 is 0. The number of rotatable bonds is 7. The molecule has 0 aliphatic heterocycles. The minimum Gasteiger partial charge on any atom is -0.355 e. The summed E-state index contributed by atoms with van der Waals surface area (Å²) in [5, 5.41) is 5.86. The molecule has 0 aliphatic rings. The lowest BCUT2D eigenvalue weighted by molar-refractivity contribution is -0.120. The maximum absolute atomic E-state index is 11.2. The first-order valence-electron chi connectivity index (χ1n) is 5.28. The predicted octanol–water partition coefficient (Wildman–Crippen LogP) is 0.0680. The van der Waals surface area contributed by atoms with Gasteiger partial charge in [0, 0.05) is 25.4 Å². The molecule has 15 heavy (non-hydrogen) atoms. The molecule has 0 spiro atoms. The lowest BCUT2D eigenvalue weighted by atomic mass is 10.4. The van der Waals surface area contributed by atoms with Crippen molar-refractivity contribution < 1.29 is 4.79 Å². The second-order valence-electron chi connectivity index (χ2n) is 3.31. The Bertz CT molecular complexity index is 271. The van der Waals surface area contributed by atoms with E-state index in [1.807, 2.05) is 0 Å². The molecule has 0 radical (unpaired) electrons. The first-order chi connectivity index (χ1) is 7.33. The van der Waals surface area contributed by atoms with Gasteiger partial charge in [-0.05, 0) is 13.0 Å². The molecule has 0 aliphatic carbocycles. The van der Waals surface area contributed by atoms with Gasteiger partial charge >= 0.3 is 0 Å². The molecule has 0 unspecified atom stereocenters. The van der Waals surface area contributed by atoms with Crippen LogP contribution in [-0.4, -0.2) is 35.5 Å². The molecule has 0 atom stereocenters. The number of nitrogens with one attached hydrogen (secondary N) is 3. The number of amides is 1. The van der Waals surface area contributed by atoms with E-state index < -0.39 is 0 Å². The van der Waals surface area contributed by atoms with Crippen molar-refractivity contribution >= 4 is 5.91 Å². The molecule has 5 nitrogen and oxygen atoms in total. The SMILES string of the molecule is CCCNCC(=O)NCCc1ncc[nH]1. The first-order valence-corrected chi connectivity index (χ1v) is 5.28. The first kappa shape index (κ1) is 11.7. The number of carbonyl (C=O) groups excluding carboxylic acids is 1. The summed E-state index contributed by atoms with van der Waals surface area (Å²) in [6, 6.07) is 0. The van der Waals surface area contributed by atoms with E-state index in [0.29, 0.717) is 13.1 Å².